The summed E-state index contributed by atoms with van der Waals surface area (Å²) >= 11 is 0. The molecular weight excluding hydrogens is 226 g/mol. The van der Waals surface area contributed by atoms with Crippen LogP contribution in [0.2, 0.25) is 0 Å². The standard InChI is InChI=1S/C10H11N3O4/c1-4-3-6-7(8(5(4)2)13(16)17)12-10(15)9(14)11-6/h3,13,16H,1-2H3,(H,11,14)(H,12,15). The van der Waals surface area contributed by atoms with E-state index in [2.05, 4.69) is 9.97 Å². The normalized spacial score (nSPS) is 12.9. The molecule has 2 rings (SSSR count). The van der Waals surface area contributed by atoms with Gasteiger partial charge in [-0.05, 0) is 25.5 Å². The zero-order chi connectivity index (χ0) is 12.7. The molecular formula is C10H11N3O4. The van der Waals surface area contributed by atoms with Gasteiger partial charge in [-0.25, -0.2) is 5.21 Å². The molecule has 1 unspecified atom stereocenters. The molecule has 7 nitrogen and oxygen atoms in total. The summed E-state index contributed by atoms with van der Waals surface area (Å²) in [5.74, 6) is 0. The monoisotopic (exact) mass is 237 g/mol. The molecule has 1 heterocycles. The Morgan fingerprint density at radius 3 is 2.41 bits per heavy atom. The summed E-state index contributed by atoms with van der Waals surface area (Å²) in [6, 6.07) is 1.63. The predicted octanol–water partition coefficient (Wildman–Crippen LogP) is -0.763. The Kier molecular flexibility index (Phi) is 2.58. The Morgan fingerprint density at radius 2 is 1.82 bits per heavy atom. The average Bonchev–Trinajstić information content (AvgIpc) is 2.23. The van der Waals surface area contributed by atoms with Crippen LogP contribution in [-0.2, 0) is 0 Å². The van der Waals surface area contributed by atoms with Crippen molar-refractivity contribution in [3.63, 3.8) is 0 Å². The second-order valence-electron chi connectivity index (χ2n) is 3.83. The summed E-state index contributed by atoms with van der Waals surface area (Å²) in [5, 5.41) is 19.2. The van der Waals surface area contributed by atoms with Crippen LogP contribution in [0.4, 0.5) is 5.69 Å². The van der Waals surface area contributed by atoms with E-state index < -0.39 is 16.3 Å². The Balaban J connectivity index is 3.03. The predicted molar refractivity (Wildman–Crippen MR) is 60.4 cm³/mol. The third-order valence-corrected chi connectivity index (χ3v) is 2.75. The van der Waals surface area contributed by atoms with E-state index in [1.807, 2.05) is 0 Å². The summed E-state index contributed by atoms with van der Waals surface area (Å²) in [7, 11) is 0. The second-order valence-corrected chi connectivity index (χ2v) is 3.83. The first-order valence-corrected chi connectivity index (χ1v) is 4.91. The highest BCUT2D eigenvalue weighted by Crippen LogP contribution is 2.22. The van der Waals surface area contributed by atoms with E-state index >= 15 is 0 Å². The van der Waals surface area contributed by atoms with Crippen molar-refractivity contribution in [1.82, 2.24) is 9.97 Å². The van der Waals surface area contributed by atoms with E-state index in [0.717, 1.165) is 5.56 Å². The maximum absolute atomic E-state index is 11.2. The van der Waals surface area contributed by atoms with Crippen molar-refractivity contribution in [2.24, 2.45) is 0 Å². The van der Waals surface area contributed by atoms with E-state index in [0.29, 0.717) is 11.1 Å². The van der Waals surface area contributed by atoms with Gasteiger partial charge in [0, 0.05) is 5.56 Å². The molecule has 1 aromatic heterocycles. The van der Waals surface area contributed by atoms with Crippen LogP contribution in [0.5, 0.6) is 0 Å². The molecule has 0 spiro atoms. The molecule has 0 aliphatic rings. The zero-order valence-electron chi connectivity index (χ0n) is 9.25. The molecule has 4 N–H and O–H groups in total. The van der Waals surface area contributed by atoms with Gasteiger partial charge in [-0.1, -0.05) is 0 Å². The minimum Gasteiger partial charge on any atom is -0.595 e. The lowest BCUT2D eigenvalue weighted by atomic mass is 10.1. The first-order chi connectivity index (χ1) is 7.91. The number of quaternary nitrogens is 1. The highest BCUT2D eigenvalue weighted by atomic mass is 16.8. The molecule has 17 heavy (non-hydrogen) atoms. The number of hydrogen-bond acceptors (Lipinski definition) is 4. The summed E-state index contributed by atoms with van der Waals surface area (Å²) in [5.41, 5.74) is 0.110. The van der Waals surface area contributed by atoms with Gasteiger partial charge in [-0.15, -0.1) is 0 Å². The fourth-order valence-electron chi connectivity index (χ4n) is 1.76. The fraction of sp³-hybridized carbons (Fsp3) is 0.200. The van der Waals surface area contributed by atoms with Gasteiger partial charge in [0.05, 0.1) is 5.52 Å². The summed E-state index contributed by atoms with van der Waals surface area (Å²) in [6.07, 6.45) is 0. The molecule has 0 aliphatic heterocycles. The van der Waals surface area contributed by atoms with Crippen LogP contribution >= 0.6 is 0 Å². The van der Waals surface area contributed by atoms with Crippen LogP contribution < -0.4 is 16.3 Å². The highest BCUT2D eigenvalue weighted by molar-refractivity contribution is 5.86. The topological polar surface area (TPSA) is 113 Å². The largest absolute Gasteiger partial charge is 0.595 e. The van der Waals surface area contributed by atoms with Crippen LogP contribution in [0, 0.1) is 19.1 Å². The van der Waals surface area contributed by atoms with E-state index in [4.69, 9.17) is 5.21 Å². The third kappa shape index (κ3) is 1.76. The van der Waals surface area contributed by atoms with Gasteiger partial charge in [-0.2, -0.15) is 5.23 Å². The molecule has 7 heteroatoms. The first kappa shape index (κ1) is 11.5. The number of aromatic nitrogens is 2. The molecule has 0 fully saturated rings. The quantitative estimate of drug-likeness (QED) is 0.385. The van der Waals surface area contributed by atoms with Crippen molar-refractivity contribution < 1.29 is 10.4 Å². The zero-order valence-corrected chi connectivity index (χ0v) is 9.25. The Morgan fingerprint density at radius 1 is 1.24 bits per heavy atom. The Hall–Kier alpha value is -1.96. The molecule has 0 bridgehead atoms. The van der Waals surface area contributed by atoms with E-state index in [9.17, 15) is 14.8 Å². The summed E-state index contributed by atoms with van der Waals surface area (Å²) in [4.78, 5) is 27.0. The first-order valence-electron chi connectivity index (χ1n) is 4.91. The van der Waals surface area contributed by atoms with Crippen molar-refractivity contribution in [1.29, 1.82) is 0 Å². The van der Waals surface area contributed by atoms with Gasteiger partial charge in [0.25, 0.3) is 0 Å². The molecule has 1 aromatic carbocycles. The van der Waals surface area contributed by atoms with E-state index in [1.54, 1.807) is 19.9 Å². The fourth-order valence-corrected chi connectivity index (χ4v) is 1.76. The van der Waals surface area contributed by atoms with Crippen LogP contribution in [0.25, 0.3) is 11.0 Å². The van der Waals surface area contributed by atoms with Crippen molar-refractivity contribution >= 4 is 16.7 Å². The number of nitrogens with one attached hydrogen (secondary N) is 3. The van der Waals surface area contributed by atoms with Crippen LogP contribution in [-0.4, -0.2) is 15.2 Å². The minimum atomic E-state index is -1.14. The number of H-pyrrole nitrogens is 2. The average molecular weight is 237 g/mol. The highest BCUT2D eigenvalue weighted by Gasteiger charge is 2.15. The number of aryl methyl sites for hydroxylation is 1. The molecule has 0 radical (unpaired) electrons. The lowest BCUT2D eigenvalue weighted by molar-refractivity contribution is -0.990. The molecule has 0 saturated carbocycles. The van der Waals surface area contributed by atoms with Gasteiger partial charge in [0.1, 0.15) is 5.52 Å². The van der Waals surface area contributed by atoms with Crippen molar-refractivity contribution in [2.45, 2.75) is 13.8 Å². The number of rotatable bonds is 1. The van der Waals surface area contributed by atoms with Crippen LogP contribution in [0.1, 0.15) is 11.1 Å². The number of hydrogen-bond donors (Lipinski definition) is 4. The summed E-state index contributed by atoms with van der Waals surface area (Å²) < 4.78 is 0. The van der Waals surface area contributed by atoms with E-state index in [-0.39, 0.29) is 11.2 Å². The molecule has 0 aliphatic carbocycles. The van der Waals surface area contributed by atoms with Crippen molar-refractivity contribution in [2.75, 3.05) is 0 Å². The van der Waals surface area contributed by atoms with Gasteiger partial charge in [0.2, 0.25) is 0 Å². The SMILES string of the molecule is Cc1cc2[nH]c(=O)c(=O)[nH]c2c([NH+]([O-])O)c1C. The van der Waals surface area contributed by atoms with Crippen molar-refractivity contribution in [3.8, 4) is 0 Å². The maximum atomic E-state index is 11.2. The van der Waals surface area contributed by atoms with Gasteiger partial charge in [-0.3, -0.25) is 9.59 Å². The van der Waals surface area contributed by atoms with Gasteiger partial charge in [0.15, 0.2) is 5.69 Å². The van der Waals surface area contributed by atoms with Crippen LogP contribution in [0.3, 0.4) is 0 Å². The molecule has 1 atom stereocenters. The van der Waals surface area contributed by atoms with Gasteiger partial charge >= 0.3 is 11.1 Å². The molecule has 2 aromatic rings. The molecule has 90 valence electrons. The number of fused-ring (bicyclic) bond motifs is 1. The molecule has 0 saturated heterocycles. The number of aromatic amines is 2. The number of benzene rings is 1. The molecule has 0 amide bonds. The van der Waals surface area contributed by atoms with Crippen molar-refractivity contribution in [3.05, 3.63) is 43.1 Å². The smallest absolute Gasteiger partial charge is 0.314 e. The Bertz CT molecular complexity index is 699. The minimum absolute atomic E-state index is 0.00773. The third-order valence-electron chi connectivity index (χ3n) is 2.75. The van der Waals surface area contributed by atoms with E-state index in [1.165, 1.54) is 0 Å². The summed E-state index contributed by atoms with van der Waals surface area (Å²) in [6.45, 7) is 3.40. The maximum Gasteiger partial charge on any atom is 0.314 e. The Labute approximate surface area is 94.9 Å². The lowest BCUT2D eigenvalue weighted by Gasteiger charge is -2.17. The second kappa shape index (κ2) is 3.81. The lowest BCUT2D eigenvalue weighted by Crippen LogP contribution is -2.99. The van der Waals surface area contributed by atoms with Gasteiger partial charge < -0.3 is 15.2 Å². The van der Waals surface area contributed by atoms with Crippen LogP contribution in [0.15, 0.2) is 15.7 Å².